The number of amides is 1. The van der Waals surface area contributed by atoms with Crippen LogP contribution in [0.2, 0.25) is 0 Å². The molecule has 0 fully saturated rings. The first-order chi connectivity index (χ1) is 12.4. The second-order valence-electron chi connectivity index (χ2n) is 5.44. The SMILES string of the molecule is CNC(=O)c1ccc(S(=O)(=O)Nc2cccc3ccc(OC)nc23)cc1. The number of fused-ring (bicyclic) bond motifs is 1. The Kier molecular flexibility index (Phi) is 4.77. The average molecular weight is 371 g/mol. The summed E-state index contributed by atoms with van der Waals surface area (Å²) in [5.74, 6) is 0.103. The molecule has 3 rings (SSSR count). The monoisotopic (exact) mass is 371 g/mol. The van der Waals surface area contributed by atoms with Gasteiger partial charge in [-0.05, 0) is 36.4 Å². The van der Waals surface area contributed by atoms with E-state index in [9.17, 15) is 13.2 Å². The van der Waals surface area contributed by atoms with Crippen LogP contribution < -0.4 is 14.8 Å². The largest absolute Gasteiger partial charge is 0.481 e. The number of hydrogen-bond acceptors (Lipinski definition) is 5. The first-order valence-corrected chi connectivity index (χ1v) is 9.21. The Bertz CT molecular complexity index is 1060. The van der Waals surface area contributed by atoms with Crippen LogP contribution in [0.25, 0.3) is 10.9 Å². The molecule has 0 aliphatic carbocycles. The number of carbonyl (C=O) groups is 1. The lowest BCUT2D eigenvalue weighted by Gasteiger charge is -2.11. The second kappa shape index (κ2) is 7.01. The summed E-state index contributed by atoms with van der Waals surface area (Å²) in [5.41, 5.74) is 1.21. The summed E-state index contributed by atoms with van der Waals surface area (Å²) in [6.07, 6.45) is 0. The van der Waals surface area contributed by atoms with Crippen LogP contribution >= 0.6 is 0 Å². The van der Waals surface area contributed by atoms with Crippen molar-refractivity contribution in [2.24, 2.45) is 0 Å². The lowest BCUT2D eigenvalue weighted by atomic mass is 10.2. The van der Waals surface area contributed by atoms with Gasteiger partial charge in [0.05, 0.1) is 23.2 Å². The highest BCUT2D eigenvalue weighted by Gasteiger charge is 2.17. The minimum Gasteiger partial charge on any atom is -0.481 e. The van der Waals surface area contributed by atoms with Gasteiger partial charge in [-0.2, -0.15) is 0 Å². The van der Waals surface area contributed by atoms with Crippen molar-refractivity contribution >= 4 is 32.5 Å². The molecule has 1 heterocycles. The van der Waals surface area contributed by atoms with Gasteiger partial charge in [-0.3, -0.25) is 9.52 Å². The predicted molar refractivity (Wildman–Crippen MR) is 98.9 cm³/mol. The number of methoxy groups -OCH3 is 1. The Balaban J connectivity index is 1.97. The molecule has 1 aromatic heterocycles. The van der Waals surface area contributed by atoms with Crippen LogP contribution in [-0.4, -0.2) is 33.5 Å². The molecule has 0 aliphatic rings. The molecule has 0 aliphatic heterocycles. The minimum absolute atomic E-state index is 0.0463. The number of pyridine rings is 1. The maximum absolute atomic E-state index is 12.7. The van der Waals surface area contributed by atoms with E-state index >= 15 is 0 Å². The molecule has 7 nitrogen and oxygen atoms in total. The molecule has 0 atom stereocenters. The highest BCUT2D eigenvalue weighted by atomic mass is 32.2. The van der Waals surface area contributed by atoms with Crippen LogP contribution in [0.3, 0.4) is 0 Å². The number of nitrogens with zero attached hydrogens (tertiary/aromatic N) is 1. The molecule has 0 unspecified atom stereocenters. The summed E-state index contributed by atoms with van der Waals surface area (Å²) in [6.45, 7) is 0. The van der Waals surface area contributed by atoms with Crippen molar-refractivity contribution in [3.05, 3.63) is 60.2 Å². The van der Waals surface area contributed by atoms with Crippen LogP contribution in [0.4, 0.5) is 5.69 Å². The van der Waals surface area contributed by atoms with E-state index in [1.54, 1.807) is 24.3 Å². The van der Waals surface area contributed by atoms with Crippen LogP contribution in [-0.2, 0) is 10.0 Å². The summed E-state index contributed by atoms with van der Waals surface area (Å²) in [6, 6.07) is 14.4. The van der Waals surface area contributed by atoms with Gasteiger partial charge in [0.1, 0.15) is 0 Å². The van der Waals surface area contributed by atoms with Crippen molar-refractivity contribution < 1.29 is 17.9 Å². The Labute approximate surface area is 151 Å². The van der Waals surface area contributed by atoms with Crippen LogP contribution in [0.1, 0.15) is 10.4 Å². The number of rotatable bonds is 5. The normalized spacial score (nSPS) is 11.2. The van der Waals surface area contributed by atoms with Crippen LogP contribution in [0.15, 0.2) is 59.5 Å². The van der Waals surface area contributed by atoms with E-state index in [1.807, 2.05) is 6.07 Å². The topological polar surface area (TPSA) is 97.4 Å². The molecule has 2 aromatic carbocycles. The molecule has 3 aromatic rings. The molecule has 0 spiro atoms. The van der Waals surface area contributed by atoms with Gasteiger partial charge in [0, 0.05) is 24.1 Å². The van der Waals surface area contributed by atoms with E-state index in [4.69, 9.17) is 4.74 Å². The van der Waals surface area contributed by atoms with E-state index in [1.165, 1.54) is 38.4 Å². The molecule has 0 bridgehead atoms. The number of sulfonamides is 1. The lowest BCUT2D eigenvalue weighted by Crippen LogP contribution is -2.18. The summed E-state index contributed by atoms with van der Waals surface area (Å²) in [4.78, 5) is 15.9. The molecule has 8 heteroatoms. The van der Waals surface area contributed by atoms with Crippen LogP contribution in [0.5, 0.6) is 5.88 Å². The molecule has 0 saturated heterocycles. The molecule has 134 valence electrons. The highest BCUT2D eigenvalue weighted by Crippen LogP contribution is 2.26. The number of anilines is 1. The van der Waals surface area contributed by atoms with E-state index in [0.717, 1.165) is 5.39 Å². The fourth-order valence-electron chi connectivity index (χ4n) is 2.46. The number of aromatic nitrogens is 1. The molecular formula is C18H17N3O4S. The van der Waals surface area contributed by atoms with Crippen molar-refractivity contribution in [3.8, 4) is 5.88 Å². The molecule has 26 heavy (non-hydrogen) atoms. The van der Waals surface area contributed by atoms with Gasteiger partial charge in [-0.25, -0.2) is 13.4 Å². The quantitative estimate of drug-likeness (QED) is 0.718. The van der Waals surface area contributed by atoms with Gasteiger partial charge in [-0.1, -0.05) is 12.1 Å². The number of hydrogen-bond donors (Lipinski definition) is 2. The van der Waals surface area contributed by atoms with Gasteiger partial charge < -0.3 is 10.1 Å². The first-order valence-electron chi connectivity index (χ1n) is 7.73. The number of para-hydroxylation sites is 1. The zero-order valence-electron chi connectivity index (χ0n) is 14.2. The van der Waals surface area contributed by atoms with Crippen molar-refractivity contribution in [1.29, 1.82) is 0 Å². The third-order valence-corrected chi connectivity index (χ3v) is 5.18. The van der Waals surface area contributed by atoms with Gasteiger partial charge in [0.15, 0.2) is 0 Å². The van der Waals surface area contributed by atoms with E-state index < -0.39 is 10.0 Å². The van der Waals surface area contributed by atoms with Crippen molar-refractivity contribution in [3.63, 3.8) is 0 Å². The molecule has 0 radical (unpaired) electrons. The summed E-state index contributed by atoms with van der Waals surface area (Å²) >= 11 is 0. The third-order valence-electron chi connectivity index (χ3n) is 3.80. The summed E-state index contributed by atoms with van der Waals surface area (Å²) in [5, 5.41) is 3.26. The van der Waals surface area contributed by atoms with Crippen molar-refractivity contribution in [1.82, 2.24) is 10.3 Å². The Hall–Kier alpha value is -3.13. The van der Waals surface area contributed by atoms with E-state index in [2.05, 4.69) is 15.0 Å². The Morgan fingerprint density at radius 2 is 1.77 bits per heavy atom. The average Bonchev–Trinajstić information content (AvgIpc) is 2.67. The molecule has 1 amide bonds. The van der Waals surface area contributed by atoms with Crippen LogP contribution in [0, 0.1) is 0 Å². The smallest absolute Gasteiger partial charge is 0.261 e. The number of nitrogens with one attached hydrogen (secondary N) is 2. The van der Waals surface area contributed by atoms with E-state index in [-0.39, 0.29) is 10.8 Å². The highest BCUT2D eigenvalue weighted by molar-refractivity contribution is 7.92. The predicted octanol–water partition coefficient (Wildman–Crippen LogP) is 2.40. The molecular weight excluding hydrogens is 354 g/mol. The van der Waals surface area contributed by atoms with E-state index in [0.29, 0.717) is 22.6 Å². The number of ether oxygens (including phenoxy) is 1. The zero-order valence-corrected chi connectivity index (χ0v) is 15.0. The van der Waals surface area contributed by atoms with Crippen molar-refractivity contribution in [2.45, 2.75) is 4.90 Å². The Morgan fingerprint density at radius 3 is 2.42 bits per heavy atom. The molecule has 2 N–H and O–H groups in total. The van der Waals surface area contributed by atoms with Gasteiger partial charge in [0.25, 0.3) is 15.9 Å². The summed E-state index contributed by atoms with van der Waals surface area (Å²) in [7, 11) is -0.831. The standard InChI is InChI=1S/C18H17N3O4S/c1-19-18(22)13-6-9-14(10-7-13)26(23,24)21-15-5-3-4-12-8-11-16(25-2)20-17(12)15/h3-11,21H,1-2H3,(H,19,22). The Morgan fingerprint density at radius 1 is 1.04 bits per heavy atom. The summed E-state index contributed by atoms with van der Waals surface area (Å²) < 4.78 is 33.0. The third kappa shape index (κ3) is 3.45. The maximum atomic E-state index is 12.7. The fourth-order valence-corrected chi connectivity index (χ4v) is 3.53. The van der Waals surface area contributed by atoms with Gasteiger partial charge in [-0.15, -0.1) is 0 Å². The first kappa shape index (κ1) is 17.7. The zero-order chi connectivity index (χ0) is 18.7. The lowest BCUT2D eigenvalue weighted by molar-refractivity contribution is 0.0963. The molecule has 0 saturated carbocycles. The number of carbonyl (C=O) groups excluding carboxylic acids is 1. The maximum Gasteiger partial charge on any atom is 0.261 e. The fraction of sp³-hybridized carbons (Fsp3) is 0.111. The minimum atomic E-state index is -3.84. The second-order valence-corrected chi connectivity index (χ2v) is 7.12. The number of benzene rings is 2. The van der Waals surface area contributed by atoms with Gasteiger partial charge in [0.2, 0.25) is 5.88 Å². The van der Waals surface area contributed by atoms with Gasteiger partial charge >= 0.3 is 0 Å². The van der Waals surface area contributed by atoms with Crippen molar-refractivity contribution in [2.75, 3.05) is 18.9 Å².